The molecular weight excluding hydrogens is 408 g/mol. The summed E-state index contributed by atoms with van der Waals surface area (Å²) < 4.78 is 4.71. The van der Waals surface area contributed by atoms with Crippen LogP contribution in [-0.4, -0.2) is 80.6 Å². The fourth-order valence-electron chi connectivity index (χ4n) is 3.90. The number of hydrogen-bond acceptors (Lipinski definition) is 5. The first-order valence-electron chi connectivity index (χ1n) is 10.3. The molecule has 0 aliphatic carbocycles. The van der Waals surface area contributed by atoms with E-state index < -0.39 is 0 Å². The number of nitrogens with zero attached hydrogens (tertiary/aromatic N) is 3. The molecule has 0 atom stereocenters. The van der Waals surface area contributed by atoms with Crippen LogP contribution in [0.3, 0.4) is 0 Å². The summed E-state index contributed by atoms with van der Waals surface area (Å²) in [4.78, 5) is 41.9. The highest BCUT2D eigenvalue weighted by atomic mass is 35.5. The molecule has 1 aromatic rings. The van der Waals surface area contributed by atoms with Crippen molar-refractivity contribution in [2.45, 2.75) is 19.3 Å². The highest BCUT2D eigenvalue weighted by Gasteiger charge is 2.26. The Labute approximate surface area is 182 Å². The summed E-state index contributed by atoms with van der Waals surface area (Å²) in [5, 5.41) is 3.45. The standard InChI is InChI=1S/C21H29ClN4O4/c1-30-20(28)14-16-6-8-25(9-7-16)19(27)15-23-21(29)26-12-10-24(11-13-26)18-4-2-17(22)3-5-18/h2-5,16H,6-15H2,1H3,(H,23,29). The van der Waals surface area contributed by atoms with E-state index in [1.54, 1.807) is 9.80 Å². The minimum atomic E-state index is -0.209. The van der Waals surface area contributed by atoms with Crippen molar-refractivity contribution >= 4 is 35.2 Å². The van der Waals surface area contributed by atoms with Crippen LogP contribution in [0, 0.1) is 5.92 Å². The first kappa shape index (κ1) is 22.2. The second-order valence-corrected chi connectivity index (χ2v) is 8.15. The molecule has 2 fully saturated rings. The van der Waals surface area contributed by atoms with Crippen LogP contribution in [0.1, 0.15) is 19.3 Å². The third-order valence-corrected chi connectivity index (χ3v) is 6.05. The minimum absolute atomic E-state index is 0.00208. The van der Waals surface area contributed by atoms with Crippen molar-refractivity contribution < 1.29 is 19.1 Å². The van der Waals surface area contributed by atoms with Crippen molar-refractivity contribution in [3.05, 3.63) is 29.3 Å². The van der Waals surface area contributed by atoms with Gasteiger partial charge in [0, 0.05) is 56.4 Å². The van der Waals surface area contributed by atoms with E-state index in [1.165, 1.54) is 7.11 Å². The summed E-state index contributed by atoms with van der Waals surface area (Å²) >= 11 is 5.94. The Morgan fingerprint density at radius 2 is 1.63 bits per heavy atom. The number of rotatable bonds is 5. The van der Waals surface area contributed by atoms with Gasteiger partial charge in [0.05, 0.1) is 13.7 Å². The Kier molecular flexibility index (Phi) is 7.79. The minimum Gasteiger partial charge on any atom is -0.469 e. The van der Waals surface area contributed by atoms with Crippen LogP contribution in [-0.2, 0) is 14.3 Å². The van der Waals surface area contributed by atoms with Gasteiger partial charge in [-0.2, -0.15) is 0 Å². The predicted molar refractivity (Wildman–Crippen MR) is 115 cm³/mol. The number of carbonyl (C=O) groups excluding carboxylic acids is 3. The molecule has 0 saturated carbocycles. The number of carbonyl (C=O) groups is 3. The molecule has 0 bridgehead atoms. The molecule has 0 aromatic heterocycles. The highest BCUT2D eigenvalue weighted by molar-refractivity contribution is 6.30. The Morgan fingerprint density at radius 1 is 1.00 bits per heavy atom. The average molecular weight is 437 g/mol. The van der Waals surface area contributed by atoms with Crippen molar-refractivity contribution in [1.29, 1.82) is 0 Å². The Bertz CT molecular complexity index is 742. The summed E-state index contributed by atoms with van der Waals surface area (Å²) in [7, 11) is 1.39. The molecule has 1 aromatic carbocycles. The zero-order valence-corrected chi connectivity index (χ0v) is 18.1. The van der Waals surface area contributed by atoms with E-state index in [4.69, 9.17) is 16.3 Å². The maximum absolute atomic E-state index is 12.4. The van der Waals surface area contributed by atoms with Gasteiger partial charge in [-0.3, -0.25) is 9.59 Å². The number of anilines is 1. The van der Waals surface area contributed by atoms with E-state index >= 15 is 0 Å². The van der Waals surface area contributed by atoms with Crippen molar-refractivity contribution in [1.82, 2.24) is 15.1 Å². The molecule has 3 amide bonds. The van der Waals surface area contributed by atoms with Gasteiger partial charge in [0.25, 0.3) is 0 Å². The lowest BCUT2D eigenvalue weighted by Crippen LogP contribution is -2.53. The van der Waals surface area contributed by atoms with Crippen LogP contribution in [0.2, 0.25) is 5.02 Å². The number of piperazine rings is 1. The van der Waals surface area contributed by atoms with Crippen LogP contribution in [0.15, 0.2) is 24.3 Å². The number of esters is 1. The lowest BCUT2D eigenvalue weighted by Gasteiger charge is -2.36. The van der Waals surface area contributed by atoms with Crippen molar-refractivity contribution in [3.63, 3.8) is 0 Å². The summed E-state index contributed by atoms with van der Waals surface area (Å²) in [5.74, 6) is -0.0316. The van der Waals surface area contributed by atoms with Crippen LogP contribution >= 0.6 is 11.6 Å². The fraction of sp³-hybridized carbons (Fsp3) is 0.571. The third kappa shape index (κ3) is 6.01. The predicted octanol–water partition coefficient (Wildman–Crippen LogP) is 1.97. The normalized spacial score (nSPS) is 17.6. The van der Waals surface area contributed by atoms with E-state index in [2.05, 4.69) is 10.2 Å². The SMILES string of the molecule is COC(=O)CC1CCN(C(=O)CNC(=O)N2CCN(c3ccc(Cl)cc3)CC2)CC1. The number of nitrogens with one attached hydrogen (secondary N) is 1. The number of halogens is 1. The molecule has 2 aliphatic heterocycles. The molecule has 164 valence electrons. The van der Waals surface area contributed by atoms with Gasteiger partial charge >= 0.3 is 12.0 Å². The van der Waals surface area contributed by atoms with Crippen LogP contribution in [0.4, 0.5) is 10.5 Å². The van der Waals surface area contributed by atoms with Gasteiger partial charge in [-0.1, -0.05) is 11.6 Å². The quantitative estimate of drug-likeness (QED) is 0.713. The van der Waals surface area contributed by atoms with Crippen LogP contribution in [0.25, 0.3) is 0 Å². The first-order chi connectivity index (χ1) is 14.5. The Balaban J connectivity index is 1.36. The van der Waals surface area contributed by atoms with E-state index in [0.29, 0.717) is 37.6 Å². The zero-order chi connectivity index (χ0) is 21.5. The van der Waals surface area contributed by atoms with Crippen LogP contribution < -0.4 is 10.2 Å². The third-order valence-electron chi connectivity index (χ3n) is 5.80. The van der Waals surface area contributed by atoms with E-state index in [0.717, 1.165) is 31.6 Å². The molecule has 8 nitrogen and oxygen atoms in total. The summed E-state index contributed by atoms with van der Waals surface area (Å²) in [6.07, 6.45) is 1.96. The molecule has 3 rings (SSSR count). The molecular formula is C21H29ClN4O4. The number of amides is 3. The van der Waals surface area contributed by atoms with E-state index in [1.807, 2.05) is 24.3 Å². The number of piperidine rings is 1. The van der Waals surface area contributed by atoms with Gasteiger partial charge in [-0.25, -0.2) is 4.79 Å². The van der Waals surface area contributed by atoms with Crippen LogP contribution in [0.5, 0.6) is 0 Å². The first-order valence-corrected chi connectivity index (χ1v) is 10.7. The largest absolute Gasteiger partial charge is 0.469 e. The summed E-state index contributed by atoms with van der Waals surface area (Å²) in [6, 6.07) is 7.47. The van der Waals surface area contributed by atoms with E-state index in [-0.39, 0.29) is 30.4 Å². The Morgan fingerprint density at radius 3 is 2.23 bits per heavy atom. The summed E-state index contributed by atoms with van der Waals surface area (Å²) in [6.45, 7) is 3.88. The molecule has 0 spiro atoms. The number of benzene rings is 1. The maximum atomic E-state index is 12.4. The van der Waals surface area contributed by atoms with Gasteiger partial charge < -0.3 is 24.8 Å². The molecule has 2 saturated heterocycles. The van der Waals surface area contributed by atoms with Gasteiger partial charge in [-0.05, 0) is 43.0 Å². The van der Waals surface area contributed by atoms with Gasteiger partial charge in [0.1, 0.15) is 0 Å². The molecule has 0 radical (unpaired) electrons. The van der Waals surface area contributed by atoms with Gasteiger partial charge in [0.15, 0.2) is 0 Å². The molecule has 1 N–H and O–H groups in total. The average Bonchev–Trinajstić information content (AvgIpc) is 2.78. The monoisotopic (exact) mass is 436 g/mol. The molecule has 9 heteroatoms. The fourth-order valence-corrected chi connectivity index (χ4v) is 4.03. The number of likely N-dealkylation sites (tertiary alicyclic amines) is 1. The summed E-state index contributed by atoms with van der Waals surface area (Å²) in [5.41, 5.74) is 1.09. The number of ether oxygens (including phenoxy) is 1. The highest BCUT2D eigenvalue weighted by Crippen LogP contribution is 2.21. The number of hydrogen-bond donors (Lipinski definition) is 1. The Hall–Kier alpha value is -2.48. The molecule has 2 aliphatic rings. The second kappa shape index (κ2) is 10.5. The molecule has 30 heavy (non-hydrogen) atoms. The number of urea groups is 1. The molecule has 2 heterocycles. The topological polar surface area (TPSA) is 82.2 Å². The zero-order valence-electron chi connectivity index (χ0n) is 17.3. The van der Waals surface area contributed by atoms with Crippen molar-refractivity contribution in [3.8, 4) is 0 Å². The van der Waals surface area contributed by atoms with Crippen molar-refractivity contribution in [2.75, 3.05) is 57.8 Å². The smallest absolute Gasteiger partial charge is 0.317 e. The maximum Gasteiger partial charge on any atom is 0.317 e. The van der Waals surface area contributed by atoms with Gasteiger partial charge in [-0.15, -0.1) is 0 Å². The van der Waals surface area contributed by atoms with Gasteiger partial charge in [0.2, 0.25) is 5.91 Å². The van der Waals surface area contributed by atoms with E-state index in [9.17, 15) is 14.4 Å². The second-order valence-electron chi connectivity index (χ2n) is 7.71. The van der Waals surface area contributed by atoms with Crippen molar-refractivity contribution in [2.24, 2.45) is 5.92 Å². The number of methoxy groups -OCH3 is 1. The lowest BCUT2D eigenvalue weighted by molar-refractivity contribution is -0.142. The molecule has 0 unspecified atom stereocenters. The lowest BCUT2D eigenvalue weighted by atomic mass is 9.93.